The van der Waals surface area contributed by atoms with Crippen molar-refractivity contribution < 1.29 is 14.1 Å². The number of benzene rings is 1. The van der Waals surface area contributed by atoms with Crippen LogP contribution in [0.4, 0.5) is 5.69 Å². The van der Waals surface area contributed by atoms with Crippen molar-refractivity contribution in [3.8, 4) is 11.1 Å². The molecule has 8 heteroatoms. The van der Waals surface area contributed by atoms with Gasteiger partial charge in [-0.1, -0.05) is 16.8 Å². The number of carbonyl (C=O) groups is 2. The van der Waals surface area contributed by atoms with Crippen LogP contribution in [0.2, 0.25) is 5.02 Å². The second-order valence-corrected chi connectivity index (χ2v) is 7.41. The number of rotatable bonds is 4. The summed E-state index contributed by atoms with van der Waals surface area (Å²) in [5, 5.41) is 10.0. The van der Waals surface area contributed by atoms with Gasteiger partial charge in [-0.15, -0.1) is 0 Å². The van der Waals surface area contributed by atoms with E-state index in [1.54, 1.807) is 26.2 Å². The first-order chi connectivity index (χ1) is 13.9. The van der Waals surface area contributed by atoms with E-state index in [4.69, 9.17) is 16.1 Å². The molecule has 3 aromatic rings. The molecule has 0 saturated carbocycles. The van der Waals surface area contributed by atoms with Crippen molar-refractivity contribution >= 4 is 29.1 Å². The third kappa shape index (κ3) is 3.86. The average Bonchev–Trinajstić information content (AvgIpc) is 3.05. The molecule has 0 saturated heterocycles. The van der Waals surface area contributed by atoms with Crippen LogP contribution in [0.25, 0.3) is 11.1 Å². The smallest absolute Gasteiger partial charge is 0.257 e. The topological polar surface area (TPSA) is 97.1 Å². The quantitative estimate of drug-likeness (QED) is 0.681. The third-order valence-electron chi connectivity index (χ3n) is 4.90. The number of hydrogen-bond donors (Lipinski definition) is 2. The fraction of sp³-hybridized carbons (Fsp3) is 0.238. The molecular formula is C21H19ClN4O3. The molecule has 148 valence electrons. The standard InChI is InChI=1S/C21H19ClN4O3/c1-11-19(12(2)29-26-11)21(28)24-9-13-5-16(10-23-8-13)15-6-14-3-4-18(27)25-20(14)17(22)7-15/h5-8,10H,3-4,9H2,1-2H3,(H,24,28)(H,25,27). The molecule has 3 heterocycles. The van der Waals surface area contributed by atoms with E-state index in [1.165, 1.54) is 0 Å². The Balaban J connectivity index is 1.54. The highest BCUT2D eigenvalue weighted by atomic mass is 35.5. The molecule has 0 atom stereocenters. The van der Waals surface area contributed by atoms with E-state index >= 15 is 0 Å². The fourth-order valence-corrected chi connectivity index (χ4v) is 3.72. The molecule has 1 aliphatic heterocycles. The summed E-state index contributed by atoms with van der Waals surface area (Å²) in [4.78, 5) is 28.3. The van der Waals surface area contributed by atoms with Gasteiger partial charge in [-0.05, 0) is 55.2 Å². The Morgan fingerprint density at radius 3 is 2.79 bits per heavy atom. The van der Waals surface area contributed by atoms with Crippen LogP contribution >= 0.6 is 11.6 Å². The van der Waals surface area contributed by atoms with Gasteiger partial charge in [0.25, 0.3) is 5.91 Å². The number of aryl methyl sites for hydroxylation is 3. The first kappa shape index (κ1) is 19.1. The van der Waals surface area contributed by atoms with Crippen molar-refractivity contribution in [2.45, 2.75) is 33.2 Å². The van der Waals surface area contributed by atoms with Crippen LogP contribution in [0.15, 0.2) is 35.1 Å². The SMILES string of the molecule is Cc1noc(C)c1C(=O)NCc1cncc(-c2cc(Cl)c3c(c2)CCC(=O)N3)c1. The molecule has 0 unspecified atom stereocenters. The van der Waals surface area contributed by atoms with Crippen LogP contribution in [0.3, 0.4) is 0 Å². The summed E-state index contributed by atoms with van der Waals surface area (Å²) in [6.07, 6.45) is 4.55. The Morgan fingerprint density at radius 1 is 1.21 bits per heavy atom. The van der Waals surface area contributed by atoms with Gasteiger partial charge >= 0.3 is 0 Å². The molecule has 2 aromatic heterocycles. The van der Waals surface area contributed by atoms with Crippen molar-refractivity contribution in [3.63, 3.8) is 0 Å². The Morgan fingerprint density at radius 2 is 2.03 bits per heavy atom. The molecule has 4 rings (SSSR count). The van der Waals surface area contributed by atoms with Crippen LogP contribution in [-0.2, 0) is 17.8 Å². The molecule has 1 aromatic carbocycles. The minimum Gasteiger partial charge on any atom is -0.361 e. The molecule has 0 spiro atoms. The number of fused-ring (bicyclic) bond motifs is 1. The van der Waals surface area contributed by atoms with E-state index in [0.717, 1.165) is 22.3 Å². The van der Waals surface area contributed by atoms with Crippen LogP contribution in [0.5, 0.6) is 0 Å². The highest BCUT2D eigenvalue weighted by Gasteiger charge is 2.19. The minimum atomic E-state index is -0.237. The van der Waals surface area contributed by atoms with E-state index in [1.807, 2.05) is 18.2 Å². The lowest BCUT2D eigenvalue weighted by molar-refractivity contribution is -0.116. The number of aromatic nitrogens is 2. The molecule has 2 N–H and O–H groups in total. The first-order valence-electron chi connectivity index (χ1n) is 9.20. The van der Waals surface area contributed by atoms with Gasteiger partial charge in [-0.25, -0.2) is 0 Å². The summed E-state index contributed by atoms with van der Waals surface area (Å²) in [5.74, 6) is 0.228. The average molecular weight is 411 g/mol. The molecule has 2 amide bonds. The number of amides is 2. The van der Waals surface area contributed by atoms with Crippen molar-refractivity contribution in [3.05, 3.63) is 63.8 Å². The van der Waals surface area contributed by atoms with Crippen LogP contribution in [-0.4, -0.2) is 22.0 Å². The van der Waals surface area contributed by atoms with Gasteiger partial charge in [0, 0.05) is 30.9 Å². The van der Waals surface area contributed by atoms with E-state index < -0.39 is 0 Å². The molecule has 0 fully saturated rings. The lowest BCUT2D eigenvalue weighted by Gasteiger charge is -2.19. The van der Waals surface area contributed by atoms with Gasteiger partial charge in [0.2, 0.25) is 5.91 Å². The van der Waals surface area contributed by atoms with Gasteiger partial charge in [0.05, 0.1) is 16.4 Å². The molecule has 0 radical (unpaired) electrons. The lowest BCUT2D eigenvalue weighted by Crippen LogP contribution is -2.23. The van der Waals surface area contributed by atoms with E-state index in [0.29, 0.717) is 47.1 Å². The minimum absolute atomic E-state index is 0.0233. The van der Waals surface area contributed by atoms with Crippen molar-refractivity contribution in [1.29, 1.82) is 0 Å². The van der Waals surface area contributed by atoms with Crippen molar-refractivity contribution in [1.82, 2.24) is 15.5 Å². The zero-order valence-corrected chi connectivity index (χ0v) is 16.8. The van der Waals surface area contributed by atoms with Crippen LogP contribution in [0.1, 0.15) is 39.4 Å². The summed E-state index contributed by atoms with van der Waals surface area (Å²) in [6.45, 7) is 3.76. The second kappa shape index (κ2) is 7.67. The highest BCUT2D eigenvalue weighted by Crippen LogP contribution is 2.35. The third-order valence-corrected chi connectivity index (χ3v) is 5.20. The van der Waals surface area contributed by atoms with Crippen molar-refractivity contribution in [2.24, 2.45) is 0 Å². The normalized spacial score (nSPS) is 13.0. The molecule has 1 aliphatic rings. The maximum Gasteiger partial charge on any atom is 0.257 e. The Hall–Kier alpha value is -3.19. The number of anilines is 1. The zero-order valence-electron chi connectivity index (χ0n) is 16.0. The molecular weight excluding hydrogens is 392 g/mol. The highest BCUT2D eigenvalue weighted by molar-refractivity contribution is 6.34. The van der Waals surface area contributed by atoms with E-state index in [9.17, 15) is 9.59 Å². The monoisotopic (exact) mass is 410 g/mol. The Bertz CT molecular complexity index is 1100. The molecule has 0 bridgehead atoms. The van der Waals surface area contributed by atoms with Gasteiger partial charge in [-0.2, -0.15) is 0 Å². The predicted molar refractivity (Wildman–Crippen MR) is 109 cm³/mol. The summed E-state index contributed by atoms with van der Waals surface area (Å²) in [6, 6.07) is 5.79. The molecule has 7 nitrogen and oxygen atoms in total. The molecule has 29 heavy (non-hydrogen) atoms. The predicted octanol–water partition coefficient (Wildman–Crippen LogP) is 3.82. The second-order valence-electron chi connectivity index (χ2n) is 7.00. The first-order valence-corrected chi connectivity index (χ1v) is 9.58. The number of nitrogens with one attached hydrogen (secondary N) is 2. The van der Waals surface area contributed by atoms with Crippen LogP contribution in [0, 0.1) is 13.8 Å². The fourth-order valence-electron chi connectivity index (χ4n) is 3.44. The lowest BCUT2D eigenvalue weighted by atomic mass is 9.97. The summed E-state index contributed by atoms with van der Waals surface area (Å²) >= 11 is 6.38. The zero-order chi connectivity index (χ0) is 20.5. The Kier molecular flexibility index (Phi) is 5.07. The largest absolute Gasteiger partial charge is 0.361 e. The van der Waals surface area contributed by atoms with Gasteiger partial charge < -0.3 is 15.2 Å². The Labute approximate surface area is 172 Å². The summed E-state index contributed by atoms with van der Waals surface area (Å²) < 4.78 is 5.05. The maximum absolute atomic E-state index is 12.4. The maximum atomic E-state index is 12.4. The number of carbonyl (C=O) groups excluding carboxylic acids is 2. The summed E-state index contributed by atoms with van der Waals surface area (Å²) in [7, 11) is 0. The number of hydrogen-bond acceptors (Lipinski definition) is 5. The van der Waals surface area contributed by atoms with Gasteiger partial charge in [0.1, 0.15) is 11.3 Å². The number of pyridine rings is 1. The van der Waals surface area contributed by atoms with Crippen molar-refractivity contribution in [2.75, 3.05) is 5.32 Å². The van der Waals surface area contributed by atoms with E-state index in [2.05, 4.69) is 20.8 Å². The number of nitrogens with zero attached hydrogens (tertiary/aromatic N) is 2. The van der Waals surface area contributed by atoms with E-state index in [-0.39, 0.29) is 11.8 Å². The number of halogens is 1. The van der Waals surface area contributed by atoms with Gasteiger partial charge in [-0.3, -0.25) is 14.6 Å². The summed E-state index contributed by atoms with van der Waals surface area (Å²) in [5.41, 5.74) is 5.35. The van der Waals surface area contributed by atoms with Crippen LogP contribution < -0.4 is 10.6 Å². The molecule has 0 aliphatic carbocycles. The van der Waals surface area contributed by atoms with Gasteiger partial charge in [0.15, 0.2) is 0 Å².